The van der Waals surface area contributed by atoms with E-state index in [1.807, 2.05) is 49.4 Å². The van der Waals surface area contributed by atoms with Crippen LogP contribution >= 0.6 is 0 Å². The number of ketones is 1. The van der Waals surface area contributed by atoms with E-state index in [4.69, 9.17) is 9.15 Å². The molecule has 1 amide bonds. The van der Waals surface area contributed by atoms with Crippen LogP contribution in [-0.4, -0.2) is 42.9 Å². The van der Waals surface area contributed by atoms with Gasteiger partial charge < -0.3 is 14.1 Å². The van der Waals surface area contributed by atoms with E-state index in [9.17, 15) is 14.4 Å². The SMILES string of the molecule is Cc1ccc(C(=O)/C=C/c2cc3cc(C(=O)N4CCOCC4)c(=O)oc3c3ccccc23)cc1. The van der Waals surface area contributed by atoms with E-state index in [0.717, 1.165) is 21.9 Å². The minimum Gasteiger partial charge on any atom is -0.421 e. The van der Waals surface area contributed by atoms with Gasteiger partial charge in [-0.15, -0.1) is 0 Å². The van der Waals surface area contributed by atoms with Crippen LogP contribution in [0, 0.1) is 6.92 Å². The van der Waals surface area contributed by atoms with Crippen LogP contribution in [0.2, 0.25) is 0 Å². The molecule has 5 rings (SSSR count). The maximum atomic E-state index is 13.0. The average molecular weight is 453 g/mol. The lowest BCUT2D eigenvalue weighted by Crippen LogP contribution is -2.42. The predicted octanol–water partition coefficient (Wildman–Crippen LogP) is 4.62. The smallest absolute Gasteiger partial charge is 0.349 e. The van der Waals surface area contributed by atoms with Gasteiger partial charge in [-0.1, -0.05) is 60.2 Å². The first kappa shape index (κ1) is 21.8. The summed E-state index contributed by atoms with van der Waals surface area (Å²) in [6, 6.07) is 18.4. The number of rotatable bonds is 4. The van der Waals surface area contributed by atoms with Crippen LogP contribution in [0.4, 0.5) is 0 Å². The number of fused-ring (bicyclic) bond motifs is 3. The fourth-order valence-corrected chi connectivity index (χ4v) is 4.19. The monoisotopic (exact) mass is 453 g/mol. The van der Waals surface area contributed by atoms with Crippen LogP contribution in [-0.2, 0) is 4.74 Å². The molecular formula is C28H23NO5. The highest BCUT2D eigenvalue weighted by atomic mass is 16.5. The molecule has 170 valence electrons. The van der Waals surface area contributed by atoms with Crippen molar-refractivity contribution in [2.75, 3.05) is 26.3 Å². The molecule has 0 bridgehead atoms. The van der Waals surface area contributed by atoms with Crippen molar-refractivity contribution in [1.82, 2.24) is 4.90 Å². The Balaban J connectivity index is 1.59. The molecule has 0 aliphatic carbocycles. The fourth-order valence-electron chi connectivity index (χ4n) is 4.19. The Hall–Kier alpha value is -4.03. The second-order valence-corrected chi connectivity index (χ2v) is 8.35. The van der Waals surface area contributed by atoms with E-state index in [1.54, 1.807) is 29.2 Å². The maximum Gasteiger partial charge on any atom is 0.349 e. The molecule has 1 aliphatic rings. The van der Waals surface area contributed by atoms with Crippen LogP contribution in [0.5, 0.6) is 0 Å². The summed E-state index contributed by atoms with van der Waals surface area (Å²) in [5.41, 5.74) is 2.24. The molecule has 1 saturated heterocycles. The quantitative estimate of drug-likeness (QED) is 0.195. The zero-order chi connectivity index (χ0) is 23.7. The van der Waals surface area contributed by atoms with Gasteiger partial charge in [-0.3, -0.25) is 9.59 Å². The Morgan fingerprint density at radius 1 is 0.941 bits per heavy atom. The van der Waals surface area contributed by atoms with Gasteiger partial charge in [0.2, 0.25) is 0 Å². The Kier molecular flexibility index (Phi) is 5.82. The minimum atomic E-state index is -0.660. The molecule has 3 aromatic carbocycles. The summed E-state index contributed by atoms with van der Waals surface area (Å²) >= 11 is 0. The molecule has 1 fully saturated rings. The van der Waals surface area contributed by atoms with Gasteiger partial charge in [0, 0.05) is 29.4 Å². The van der Waals surface area contributed by atoms with Gasteiger partial charge in [-0.05, 0) is 36.1 Å². The van der Waals surface area contributed by atoms with Crippen LogP contribution < -0.4 is 5.63 Å². The summed E-state index contributed by atoms with van der Waals surface area (Å²) in [6.07, 6.45) is 3.30. The van der Waals surface area contributed by atoms with E-state index in [2.05, 4.69) is 0 Å². The fraction of sp³-hybridized carbons (Fsp3) is 0.179. The molecule has 0 atom stereocenters. The Bertz CT molecular complexity index is 1490. The number of carbonyl (C=O) groups excluding carboxylic acids is 2. The number of aryl methyl sites for hydroxylation is 1. The molecule has 0 N–H and O–H groups in total. The molecule has 1 aliphatic heterocycles. The maximum absolute atomic E-state index is 13.0. The second-order valence-electron chi connectivity index (χ2n) is 8.35. The van der Waals surface area contributed by atoms with Crippen molar-refractivity contribution in [3.63, 3.8) is 0 Å². The highest BCUT2D eigenvalue weighted by Gasteiger charge is 2.23. The van der Waals surface area contributed by atoms with E-state index >= 15 is 0 Å². The molecule has 0 saturated carbocycles. The van der Waals surface area contributed by atoms with Gasteiger partial charge in [0.1, 0.15) is 11.1 Å². The number of hydrogen-bond acceptors (Lipinski definition) is 5. The van der Waals surface area contributed by atoms with Crippen LogP contribution in [0.3, 0.4) is 0 Å². The zero-order valence-electron chi connectivity index (χ0n) is 18.7. The van der Waals surface area contributed by atoms with E-state index < -0.39 is 5.63 Å². The number of hydrogen-bond donors (Lipinski definition) is 0. The number of amides is 1. The van der Waals surface area contributed by atoms with Gasteiger partial charge in [-0.2, -0.15) is 0 Å². The average Bonchev–Trinajstić information content (AvgIpc) is 2.87. The summed E-state index contributed by atoms with van der Waals surface area (Å²) in [5, 5.41) is 2.21. The number of benzene rings is 3. The highest BCUT2D eigenvalue weighted by molar-refractivity contribution is 6.12. The molecule has 6 heteroatoms. The molecular weight excluding hydrogens is 430 g/mol. The van der Waals surface area contributed by atoms with Gasteiger partial charge in [0.05, 0.1) is 13.2 Å². The zero-order valence-corrected chi connectivity index (χ0v) is 18.7. The van der Waals surface area contributed by atoms with Gasteiger partial charge in [0.15, 0.2) is 5.78 Å². The third-order valence-corrected chi connectivity index (χ3v) is 6.05. The summed E-state index contributed by atoms with van der Waals surface area (Å²) < 4.78 is 11.0. The number of carbonyl (C=O) groups is 2. The van der Waals surface area contributed by atoms with Crippen molar-refractivity contribution in [3.8, 4) is 0 Å². The molecule has 2 heterocycles. The summed E-state index contributed by atoms with van der Waals surface area (Å²) in [7, 11) is 0. The van der Waals surface area contributed by atoms with E-state index in [-0.39, 0.29) is 17.3 Å². The first-order valence-electron chi connectivity index (χ1n) is 11.2. The van der Waals surface area contributed by atoms with Crippen LogP contribution in [0.25, 0.3) is 27.8 Å². The molecule has 1 aromatic heterocycles. The van der Waals surface area contributed by atoms with Crippen molar-refractivity contribution >= 4 is 39.5 Å². The number of nitrogens with zero attached hydrogens (tertiary/aromatic N) is 1. The van der Waals surface area contributed by atoms with E-state index in [1.165, 1.54) is 6.08 Å². The number of ether oxygens (including phenoxy) is 1. The summed E-state index contributed by atoms with van der Waals surface area (Å²) in [6.45, 7) is 3.73. The van der Waals surface area contributed by atoms with Crippen molar-refractivity contribution in [2.45, 2.75) is 6.92 Å². The van der Waals surface area contributed by atoms with Gasteiger partial charge >= 0.3 is 5.63 Å². The lowest BCUT2D eigenvalue weighted by molar-refractivity contribution is 0.0300. The standard InChI is InChI=1S/C28H23NO5/c1-18-6-8-19(9-7-18)25(30)11-10-20-16-21-17-24(27(31)29-12-14-33-15-13-29)28(32)34-26(21)23-5-3-2-4-22(20)23/h2-11,16-17H,12-15H2,1H3/b11-10+. The lowest BCUT2D eigenvalue weighted by atomic mass is 9.99. The minimum absolute atomic E-state index is 0.00431. The Labute approximate surface area is 196 Å². The molecule has 0 radical (unpaired) electrons. The third kappa shape index (κ3) is 4.16. The topological polar surface area (TPSA) is 76.8 Å². The molecule has 0 spiro atoms. The highest BCUT2D eigenvalue weighted by Crippen LogP contribution is 2.29. The van der Waals surface area contributed by atoms with Gasteiger partial charge in [-0.25, -0.2) is 4.79 Å². The largest absolute Gasteiger partial charge is 0.421 e. The van der Waals surface area contributed by atoms with Crippen LogP contribution in [0.1, 0.15) is 31.8 Å². The first-order valence-corrected chi connectivity index (χ1v) is 11.2. The molecule has 34 heavy (non-hydrogen) atoms. The predicted molar refractivity (Wildman–Crippen MR) is 131 cm³/mol. The number of morpholine rings is 1. The number of allylic oxidation sites excluding steroid dienone is 1. The van der Waals surface area contributed by atoms with Crippen molar-refractivity contribution in [2.24, 2.45) is 0 Å². The summed E-state index contributed by atoms with van der Waals surface area (Å²) in [4.78, 5) is 40.0. The first-order chi connectivity index (χ1) is 16.5. The van der Waals surface area contributed by atoms with Crippen molar-refractivity contribution in [1.29, 1.82) is 0 Å². The van der Waals surface area contributed by atoms with Crippen molar-refractivity contribution in [3.05, 3.63) is 99.4 Å². The molecule has 0 unspecified atom stereocenters. The lowest BCUT2D eigenvalue weighted by Gasteiger charge is -2.26. The van der Waals surface area contributed by atoms with Crippen LogP contribution in [0.15, 0.2) is 76.0 Å². The normalized spacial score (nSPS) is 14.2. The third-order valence-electron chi connectivity index (χ3n) is 6.05. The summed E-state index contributed by atoms with van der Waals surface area (Å²) in [5.74, 6) is -0.467. The van der Waals surface area contributed by atoms with Gasteiger partial charge in [0.25, 0.3) is 5.91 Å². The molecule has 4 aromatic rings. The molecule has 6 nitrogen and oxygen atoms in total. The second kappa shape index (κ2) is 9.08. The van der Waals surface area contributed by atoms with Crippen molar-refractivity contribution < 1.29 is 18.7 Å². The van der Waals surface area contributed by atoms with E-state index in [0.29, 0.717) is 42.8 Å². The Morgan fingerprint density at radius 2 is 1.65 bits per heavy atom. The Morgan fingerprint density at radius 3 is 2.38 bits per heavy atom.